The number of benzene rings is 2. The molecule has 2 heterocycles. The number of alkyl halides is 2. The molecule has 0 unspecified atom stereocenters. The summed E-state index contributed by atoms with van der Waals surface area (Å²) in [6.45, 7) is -0.0108. The van der Waals surface area contributed by atoms with E-state index in [9.17, 15) is 18.0 Å². The van der Waals surface area contributed by atoms with Crippen LogP contribution in [0.4, 0.5) is 18.0 Å². The first-order chi connectivity index (χ1) is 13.0. The number of halogens is 3. The van der Waals surface area contributed by atoms with E-state index in [2.05, 4.69) is 10.6 Å². The molecule has 0 aliphatic carbocycles. The van der Waals surface area contributed by atoms with E-state index in [1.165, 1.54) is 12.1 Å². The van der Waals surface area contributed by atoms with E-state index in [1.807, 2.05) is 24.3 Å². The van der Waals surface area contributed by atoms with Gasteiger partial charge in [-0.1, -0.05) is 36.4 Å². The van der Waals surface area contributed by atoms with Crippen LogP contribution in [0.5, 0.6) is 0 Å². The molecule has 0 bridgehead atoms. The van der Waals surface area contributed by atoms with Gasteiger partial charge >= 0.3 is 6.03 Å². The Labute approximate surface area is 155 Å². The van der Waals surface area contributed by atoms with Crippen LogP contribution < -0.4 is 10.6 Å². The topological polar surface area (TPSA) is 44.4 Å². The van der Waals surface area contributed by atoms with Crippen LogP contribution in [0.2, 0.25) is 0 Å². The van der Waals surface area contributed by atoms with Crippen LogP contribution in [0, 0.1) is 5.82 Å². The molecular formula is C20H20F3N3O. The number of urea groups is 1. The Bertz CT molecular complexity index is 841. The van der Waals surface area contributed by atoms with Crippen LogP contribution in [0.1, 0.15) is 22.7 Å². The van der Waals surface area contributed by atoms with Crippen molar-refractivity contribution < 1.29 is 18.0 Å². The van der Waals surface area contributed by atoms with Crippen molar-refractivity contribution in [3.63, 3.8) is 0 Å². The number of fused-ring (bicyclic) bond motifs is 1. The lowest BCUT2D eigenvalue weighted by Gasteiger charge is -2.38. The minimum atomic E-state index is -2.98. The van der Waals surface area contributed by atoms with Gasteiger partial charge in [0.15, 0.2) is 0 Å². The fourth-order valence-corrected chi connectivity index (χ4v) is 3.83. The molecule has 2 N–H and O–H groups in total. The zero-order chi connectivity index (χ0) is 19.0. The Hall–Kier alpha value is -2.54. The molecule has 27 heavy (non-hydrogen) atoms. The first kappa shape index (κ1) is 17.9. The van der Waals surface area contributed by atoms with Crippen LogP contribution in [0.3, 0.4) is 0 Å². The minimum absolute atomic E-state index is 0.0321. The Kier molecular flexibility index (Phi) is 4.55. The Balaban J connectivity index is 1.66. The number of hydrogen-bond acceptors (Lipinski definition) is 2. The van der Waals surface area contributed by atoms with Crippen molar-refractivity contribution >= 4 is 6.03 Å². The molecule has 7 heteroatoms. The van der Waals surface area contributed by atoms with E-state index >= 15 is 0 Å². The molecule has 2 aromatic carbocycles. The molecule has 2 atom stereocenters. The highest BCUT2D eigenvalue weighted by atomic mass is 19.3. The molecule has 2 amide bonds. The molecule has 2 aliphatic rings. The van der Waals surface area contributed by atoms with Gasteiger partial charge in [0.05, 0.1) is 12.6 Å². The summed E-state index contributed by atoms with van der Waals surface area (Å²) in [5, 5.41) is 5.09. The fraction of sp³-hybridized carbons (Fsp3) is 0.350. The second kappa shape index (κ2) is 6.88. The summed E-state index contributed by atoms with van der Waals surface area (Å²) in [5.41, 5.74) is 2.78. The largest absolute Gasteiger partial charge is 0.328 e. The third-order valence-electron chi connectivity index (χ3n) is 5.25. The number of rotatable bonds is 2. The van der Waals surface area contributed by atoms with Crippen molar-refractivity contribution in [2.45, 2.75) is 24.4 Å². The van der Waals surface area contributed by atoms with Gasteiger partial charge in [-0.25, -0.2) is 18.0 Å². The van der Waals surface area contributed by atoms with E-state index in [0.29, 0.717) is 13.0 Å². The van der Waals surface area contributed by atoms with Gasteiger partial charge in [0.1, 0.15) is 11.9 Å². The number of carbonyl (C=O) groups excluding carboxylic acids is 1. The van der Waals surface area contributed by atoms with Crippen LogP contribution in [-0.2, 0) is 6.42 Å². The number of nitrogens with one attached hydrogen (secondary N) is 2. The van der Waals surface area contributed by atoms with Crippen molar-refractivity contribution in [3.8, 4) is 0 Å². The minimum Gasteiger partial charge on any atom is -0.328 e. The number of hydrogen-bond donors (Lipinski definition) is 2. The third-order valence-corrected chi connectivity index (χ3v) is 5.25. The van der Waals surface area contributed by atoms with Gasteiger partial charge in [0.25, 0.3) is 5.92 Å². The maximum Gasteiger partial charge on any atom is 0.318 e. The van der Waals surface area contributed by atoms with E-state index in [4.69, 9.17) is 0 Å². The fourth-order valence-electron chi connectivity index (χ4n) is 3.83. The van der Waals surface area contributed by atoms with E-state index in [0.717, 1.165) is 16.7 Å². The predicted molar refractivity (Wildman–Crippen MR) is 95.2 cm³/mol. The average Bonchev–Trinajstić information content (AvgIpc) is 2.99. The molecule has 4 rings (SSSR count). The number of amides is 2. The molecule has 0 radical (unpaired) electrons. The number of carbonyl (C=O) groups is 1. The van der Waals surface area contributed by atoms with Crippen molar-refractivity contribution in [1.29, 1.82) is 0 Å². The van der Waals surface area contributed by atoms with Gasteiger partial charge in [-0.15, -0.1) is 0 Å². The van der Waals surface area contributed by atoms with Crippen LogP contribution >= 0.6 is 0 Å². The summed E-state index contributed by atoms with van der Waals surface area (Å²) in [6.07, 6.45) is 0.639. The molecule has 1 saturated heterocycles. The van der Waals surface area contributed by atoms with Gasteiger partial charge in [0.2, 0.25) is 0 Å². The molecule has 1 fully saturated rings. The molecule has 2 aromatic rings. The van der Waals surface area contributed by atoms with Gasteiger partial charge in [-0.3, -0.25) is 0 Å². The Morgan fingerprint density at radius 2 is 1.89 bits per heavy atom. The molecular weight excluding hydrogens is 355 g/mol. The molecule has 142 valence electrons. The highest BCUT2D eigenvalue weighted by molar-refractivity contribution is 5.76. The van der Waals surface area contributed by atoms with Crippen LogP contribution in [0.25, 0.3) is 0 Å². The van der Waals surface area contributed by atoms with Crippen molar-refractivity contribution in [3.05, 3.63) is 71.0 Å². The molecule has 2 aliphatic heterocycles. The van der Waals surface area contributed by atoms with E-state index < -0.39 is 30.6 Å². The lowest BCUT2D eigenvalue weighted by Crippen LogP contribution is -2.53. The quantitative estimate of drug-likeness (QED) is 0.847. The van der Waals surface area contributed by atoms with E-state index in [-0.39, 0.29) is 12.4 Å². The maximum atomic E-state index is 13.9. The Morgan fingerprint density at radius 3 is 2.59 bits per heavy atom. The molecule has 0 aromatic heterocycles. The van der Waals surface area contributed by atoms with Gasteiger partial charge in [-0.05, 0) is 35.2 Å². The lowest BCUT2D eigenvalue weighted by atomic mass is 9.88. The predicted octanol–water partition coefficient (Wildman–Crippen LogP) is 3.09. The molecule has 0 spiro atoms. The highest BCUT2D eigenvalue weighted by Crippen LogP contribution is 2.35. The van der Waals surface area contributed by atoms with Crippen molar-refractivity contribution in [2.24, 2.45) is 0 Å². The summed E-state index contributed by atoms with van der Waals surface area (Å²) in [6, 6.07) is 11.5. The van der Waals surface area contributed by atoms with Crippen molar-refractivity contribution in [2.75, 3.05) is 19.6 Å². The summed E-state index contributed by atoms with van der Waals surface area (Å²) in [5.74, 6) is -3.34. The summed E-state index contributed by atoms with van der Waals surface area (Å²) in [7, 11) is 0. The monoisotopic (exact) mass is 375 g/mol. The van der Waals surface area contributed by atoms with E-state index in [1.54, 1.807) is 17.0 Å². The maximum absolute atomic E-state index is 13.9. The lowest BCUT2D eigenvalue weighted by molar-refractivity contribution is -0.00179. The standard InChI is InChI=1S/C20H20F3N3O/c21-15-7-5-14(6-8-15)18-16-4-2-1-3-13(16)9-10-26(18)19(27)25-17-11-24-12-20(17,22)23/h1-8,17-18,24H,9-12H2,(H,25,27)/t17-,18+/m1/s1. The van der Waals surface area contributed by atoms with Crippen molar-refractivity contribution in [1.82, 2.24) is 15.5 Å². The summed E-state index contributed by atoms with van der Waals surface area (Å²) >= 11 is 0. The normalized spacial score (nSPS) is 23.7. The van der Waals surface area contributed by atoms with Crippen LogP contribution in [0.15, 0.2) is 48.5 Å². The zero-order valence-electron chi connectivity index (χ0n) is 14.6. The first-order valence-corrected chi connectivity index (χ1v) is 8.94. The molecule has 0 saturated carbocycles. The summed E-state index contributed by atoms with van der Waals surface area (Å²) in [4.78, 5) is 14.4. The van der Waals surface area contributed by atoms with Gasteiger partial charge in [-0.2, -0.15) is 0 Å². The SMILES string of the molecule is O=C(N[C@@H]1CNCC1(F)F)N1CCc2ccccc2[C@@H]1c1ccc(F)cc1. The highest BCUT2D eigenvalue weighted by Gasteiger charge is 2.46. The van der Waals surface area contributed by atoms with Gasteiger partial charge in [0, 0.05) is 13.1 Å². The second-order valence-corrected chi connectivity index (χ2v) is 6.99. The Morgan fingerprint density at radius 1 is 1.15 bits per heavy atom. The number of nitrogens with zero attached hydrogens (tertiary/aromatic N) is 1. The smallest absolute Gasteiger partial charge is 0.318 e. The first-order valence-electron chi connectivity index (χ1n) is 8.94. The summed E-state index contributed by atoms with van der Waals surface area (Å²) < 4.78 is 41.2. The zero-order valence-corrected chi connectivity index (χ0v) is 14.6. The van der Waals surface area contributed by atoms with Gasteiger partial charge < -0.3 is 15.5 Å². The second-order valence-electron chi connectivity index (χ2n) is 6.99. The average molecular weight is 375 g/mol. The molecule has 4 nitrogen and oxygen atoms in total. The third kappa shape index (κ3) is 3.39. The van der Waals surface area contributed by atoms with Crippen LogP contribution in [-0.4, -0.2) is 42.5 Å².